The van der Waals surface area contributed by atoms with Gasteiger partial charge in [-0.15, -0.1) is 0 Å². The van der Waals surface area contributed by atoms with E-state index in [1.165, 1.54) is 7.11 Å². The molecule has 1 atom stereocenters. The number of benzene rings is 1. The van der Waals surface area contributed by atoms with E-state index >= 15 is 0 Å². The molecule has 0 radical (unpaired) electrons. The molecule has 0 aliphatic rings. The minimum absolute atomic E-state index is 0.188. The normalized spacial score (nSPS) is 11.8. The van der Waals surface area contributed by atoms with Gasteiger partial charge in [0.2, 0.25) is 0 Å². The van der Waals surface area contributed by atoms with Gasteiger partial charge in [0, 0.05) is 19.2 Å². The van der Waals surface area contributed by atoms with Crippen molar-refractivity contribution in [2.45, 2.75) is 13.0 Å². The Bertz CT molecular complexity index is 492. The molecule has 20 heavy (non-hydrogen) atoms. The molecule has 1 unspecified atom stereocenters. The Hall–Kier alpha value is -2.15. The van der Waals surface area contributed by atoms with Gasteiger partial charge in [-0.25, -0.2) is 9.18 Å². The molecular formula is C13H16FNO5. The number of hydrogen-bond donors (Lipinski definition) is 2. The first-order chi connectivity index (χ1) is 9.43. The first-order valence-electron chi connectivity index (χ1n) is 5.88. The Morgan fingerprint density at radius 3 is 2.75 bits per heavy atom. The van der Waals surface area contributed by atoms with E-state index in [2.05, 4.69) is 5.32 Å². The van der Waals surface area contributed by atoms with Gasteiger partial charge in [-0.05, 0) is 19.1 Å². The van der Waals surface area contributed by atoms with Gasteiger partial charge in [-0.1, -0.05) is 0 Å². The molecule has 0 bridgehead atoms. The van der Waals surface area contributed by atoms with Crippen LogP contribution in [0.4, 0.5) is 4.39 Å². The summed E-state index contributed by atoms with van der Waals surface area (Å²) in [5.41, 5.74) is -0.205. The van der Waals surface area contributed by atoms with Crippen LogP contribution < -0.4 is 10.1 Å². The Kier molecular flexibility index (Phi) is 5.92. The summed E-state index contributed by atoms with van der Waals surface area (Å²) in [5, 5.41) is 11.5. The molecule has 0 aromatic heterocycles. The first-order valence-corrected chi connectivity index (χ1v) is 5.88. The average Bonchev–Trinajstić information content (AvgIpc) is 2.36. The number of aromatic carboxylic acids is 1. The molecule has 0 saturated carbocycles. The first kappa shape index (κ1) is 15.9. The van der Waals surface area contributed by atoms with Crippen molar-refractivity contribution >= 4 is 11.9 Å². The van der Waals surface area contributed by atoms with E-state index in [9.17, 15) is 14.0 Å². The average molecular weight is 285 g/mol. The summed E-state index contributed by atoms with van der Waals surface area (Å²) in [6.45, 7) is 1.68. The molecule has 0 heterocycles. The highest BCUT2D eigenvalue weighted by molar-refractivity contribution is 5.91. The molecule has 2 N–H and O–H groups in total. The van der Waals surface area contributed by atoms with Crippen LogP contribution in [-0.2, 0) is 9.53 Å². The molecule has 6 nitrogen and oxygen atoms in total. The molecule has 1 aromatic rings. The lowest BCUT2D eigenvalue weighted by Crippen LogP contribution is -2.38. The summed E-state index contributed by atoms with van der Waals surface area (Å²) >= 11 is 0. The fourth-order valence-electron chi connectivity index (χ4n) is 1.54. The van der Waals surface area contributed by atoms with Crippen molar-refractivity contribution in [1.82, 2.24) is 5.32 Å². The standard InChI is InChI=1S/C13H16FNO5/c1-8(6-19-2)15-12(16)7-20-11-5-9(14)3-4-10(11)13(17)18/h3-5,8H,6-7H2,1-2H3,(H,15,16)(H,17,18). The molecule has 1 amide bonds. The van der Waals surface area contributed by atoms with E-state index in [0.29, 0.717) is 6.61 Å². The zero-order valence-electron chi connectivity index (χ0n) is 11.2. The van der Waals surface area contributed by atoms with Crippen LogP contribution in [0.5, 0.6) is 5.75 Å². The van der Waals surface area contributed by atoms with Gasteiger partial charge in [-0.2, -0.15) is 0 Å². The Balaban J connectivity index is 2.63. The smallest absolute Gasteiger partial charge is 0.339 e. The number of methoxy groups -OCH3 is 1. The highest BCUT2D eigenvalue weighted by atomic mass is 19.1. The van der Waals surface area contributed by atoms with Gasteiger partial charge in [0.05, 0.1) is 6.61 Å². The molecular weight excluding hydrogens is 269 g/mol. The molecule has 0 spiro atoms. The van der Waals surface area contributed by atoms with Crippen LogP contribution >= 0.6 is 0 Å². The van der Waals surface area contributed by atoms with E-state index in [4.69, 9.17) is 14.6 Å². The van der Waals surface area contributed by atoms with Gasteiger partial charge in [0.1, 0.15) is 17.1 Å². The molecule has 0 aliphatic carbocycles. The number of carbonyl (C=O) groups is 2. The van der Waals surface area contributed by atoms with Crippen LogP contribution in [0.15, 0.2) is 18.2 Å². The summed E-state index contributed by atoms with van der Waals surface area (Å²) in [6, 6.07) is 2.81. The summed E-state index contributed by atoms with van der Waals surface area (Å²) in [7, 11) is 1.50. The lowest BCUT2D eigenvalue weighted by Gasteiger charge is -2.14. The number of nitrogens with one attached hydrogen (secondary N) is 1. The fraction of sp³-hybridized carbons (Fsp3) is 0.385. The van der Waals surface area contributed by atoms with E-state index in [1.807, 2.05) is 0 Å². The third-order valence-electron chi connectivity index (χ3n) is 2.36. The lowest BCUT2D eigenvalue weighted by molar-refractivity contribution is -0.124. The molecule has 0 saturated heterocycles. The third kappa shape index (κ3) is 4.85. The maximum atomic E-state index is 13.1. The van der Waals surface area contributed by atoms with Gasteiger partial charge in [0.15, 0.2) is 6.61 Å². The number of amides is 1. The molecule has 1 aromatic carbocycles. The topological polar surface area (TPSA) is 84.9 Å². The Morgan fingerprint density at radius 2 is 2.15 bits per heavy atom. The quantitative estimate of drug-likeness (QED) is 0.782. The van der Waals surface area contributed by atoms with Crippen LogP contribution in [0.3, 0.4) is 0 Å². The Labute approximate surface area is 115 Å². The molecule has 110 valence electrons. The fourth-order valence-corrected chi connectivity index (χ4v) is 1.54. The highest BCUT2D eigenvalue weighted by Crippen LogP contribution is 2.19. The van der Waals surface area contributed by atoms with Crippen molar-refractivity contribution in [3.05, 3.63) is 29.6 Å². The highest BCUT2D eigenvalue weighted by Gasteiger charge is 2.14. The number of carboxylic acid groups (broad SMARTS) is 1. The minimum atomic E-state index is -1.26. The summed E-state index contributed by atoms with van der Waals surface area (Å²) in [6.07, 6.45) is 0. The van der Waals surface area contributed by atoms with E-state index in [-0.39, 0.29) is 17.4 Å². The van der Waals surface area contributed by atoms with Crippen molar-refractivity contribution in [1.29, 1.82) is 0 Å². The van der Waals surface area contributed by atoms with Crippen molar-refractivity contribution in [3.63, 3.8) is 0 Å². The van der Waals surface area contributed by atoms with Crippen molar-refractivity contribution in [2.75, 3.05) is 20.3 Å². The van der Waals surface area contributed by atoms with Crippen LogP contribution in [-0.4, -0.2) is 43.3 Å². The van der Waals surface area contributed by atoms with E-state index in [1.54, 1.807) is 6.92 Å². The van der Waals surface area contributed by atoms with Crippen LogP contribution in [0.25, 0.3) is 0 Å². The predicted molar refractivity (Wildman–Crippen MR) is 68.3 cm³/mol. The minimum Gasteiger partial charge on any atom is -0.483 e. The maximum Gasteiger partial charge on any atom is 0.339 e. The van der Waals surface area contributed by atoms with Crippen molar-refractivity contribution < 1.29 is 28.6 Å². The van der Waals surface area contributed by atoms with E-state index in [0.717, 1.165) is 18.2 Å². The van der Waals surface area contributed by atoms with Crippen LogP contribution in [0.1, 0.15) is 17.3 Å². The summed E-state index contributed by atoms with van der Waals surface area (Å²) in [4.78, 5) is 22.5. The number of halogens is 1. The van der Waals surface area contributed by atoms with Crippen LogP contribution in [0, 0.1) is 5.82 Å². The van der Waals surface area contributed by atoms with Gasteiger partial charge in [-0.3, -0.25) is 4.79 Å². The number of ether oxygens (including phenoxy) is 2. The second-order valence-corrected chi connectivity index (χ2v) is 4.16. The second kappa shape index (κ2) is 7.44. The lowest BCUT2D eigenvalue weighted by atomic mass is 10.2. The van der Waals surface area contributed by atoms with E-state index < -0.39 is 24.3 Å². The van der Waals surface area contributed by atoms with Gasteiger partial charge >= 0.3 is 5.97 Å². The molecule has 1 rings (SSSR count). The summed E-state index contributed by atoms with van der Waals surface area (Å²) < 4.78 is 23.0. The van der Waals surface area contributed by atoms with Gasteiger partial charge < -0.3 is 19.9 Å². The zero-order valence-corrected chi connectivity index (χ0v) is 11.2. The largest absolute Gasteiger partial charge is 0.483 e. The monoisotopic (exact) mass is 285 g/mol. The Morgan fingerprint density at radius 1 is 1.45 bits per heavy atom. The number of carbonyl (C=O) groups excluding carboxylic acids is 1. The number of hydrogen-bond acceptors (Lipinski definition) is 4. The summed E-state index contributed by atoms with van der Waals surface area (Å²) in [5.74, 6) is -2.53. The zero-order chi connectivity index (χ0) is 15.1. The number of rotatable bonds is 7. The second-order valence-electron chi connectivity index (χ2n) is 4.16. The molecule has 7 heteroatoms. The maximum absolute atomic E-state index is 13.1. The molecule has 0 aliphatic heterocycles. The van der Waals surface area contributed by atoms with Crippen molar-refractivity contribution in [2.24, 2.45) is 0 Å². The van der Waals surface area contributed by atoms with Crippen molar-refractivity contribution in [3.8, 4) is 5.75 Å². The SMILES string of the molecule is COCC(C)NC(=O)COc1cc(F)ccc1C(=O)O. The third-order valence-corrected chi connectivity index (χ3v) is 2.36. The predicted octanol–water partition coefficient (Wildman–Crippen LogP) is 1.05. The number of carboxylic acids is 1. The molecule has 0 fully saturated rings. The van der Waals surface area contributed by atoms with Gasteiger partial charge in [0.25, 0.3) is 5.91 Å². The van der Waals surface area contributed by atoms with Crippen LogP contribution in [0.2, 0.25) is 0 Å².